The van der Waals surface area contributed by atoms with Crippen molar-refractivity contribution < 1.29 is 9.21 Å². The van der Waals surface area contributed by atoms with Crippen LogP contribution in [0.3, 0.4) is 0 Å². The molecule has 5 heteroatoms. The van der Waals surface area contributed by atoms with Crippen LogP contribution in [0.25, 0.3) is 11.5 Å². The molecule has 0 bridgehead atoms. The van der Waals surface area contributed by atoms with Gasteiger partial charge in [-0.15, -0.1) is 0 Å². The highest BCUT2D eigenvalue weighted by Crippen LogP contribution is 2.21. The average Bonchev–Trinajstić information content (AvgIpc) is 3.04. The van der Waals surface area contributed by atoms with E-state index < -0.39 is 0 Å². The molecule has 112 valence electrons. The first-order chi connectivity index (χ1) is 10.2. The summed E-state index contributed by atoms with van der Waals surface area (Å²) < 4.78 is 5.53. The van der Waals surface area contributed by atoms with Crippen LogP contribution in [0.5, 0.6) is 0 Å². The number of hydrogen-bond donors (Lipinski definition) is 2. The van der Waals surface area contributed by atoms with Crippen LogP contribution >= 0.6 is 0 Å². The van der Waals surface area contributed by atoms with Gasteiger partial charge in [-0.25, -0.2) is 0 Å². The van der Waals surface area contributed by atoms with E-state index >= 15 is 0 Å². The summed E-state index contributed by atoms with van der Waals surface area (Å²) in [7, 11) is 0. The summed E-state index contributed by atoms with van der Waals surface area (Å²) in [6.07, 6.45) is 7.08. The Balaban J connectivity index is 1.66. The number of rotatable bonds is 3. The van der Waals surface area contributed by atoms with Crippen molar-refractivity contribution in [1.82, 2.24) is 15.5 Å². The summed E-state index contributed by atoms with van der Waals surface area (Å²) >= 11 is 0. The molecule has 1 aliphatic rings. The minimum Gasteiger partial charge on any atom is -0.460 e. The number of nitrogens with one attached hydrogen (secondary N) is 2. The molecule has 1 saturated carbocycles. The molecule has 21 heavy (non-hydrogen) atoms. The zero-order chi connectivity index (χ0) is 14.7. The lowest BCUT2D eigenvalue weighted by atomic mass is 10.1. The summed E-state index contributed by atoms with van der Waals surface area (Å²) in [5.41, 5.74) is 1.15. The third-order valence-electron chi connectivity index (χ3n) is 4.01. The lowest BCUT2D eigenvalue weighted by molar-refractivity contribution is 0.0928. The highest BCUT2D eigenvalue weighted by atomic mass is 16.3. The van der Waals surface area contributed by atoms with E-state index in [-0.39, 0.29) is 11.9 Å². The number of aromatic amines is 1. The monoisotopic (exact) mass is 287 g/mol. The quantitative estimate of drug-likeness (QED) is 0.850. The number of carbonyl (C=O) groups is 1. The number of aromatic nitrogens is 2. The number of amides is 1. The van der Waals surface area contributed by atoms with Crippen molar-refractivity contribution >= 4 is 5.91 Å². The Labute approximate surface area is 124 Å². The lowest BCUT2D eigenvalue weighted by Crippen LogP contribution is -2.34. The van der Waals surface area contributed by atoms with Crippen molar-refractivity contribution in [3.8, 4) is 11.5 Å². The van der Waals surface area contributed by atoms with Gasteiger partial charge in [0.2, 0.25) is 0 Å². The van der Waals surface area contributed by atoms with Crippen molar-refractivity contribution in [2.24, 2.45) is 0 Å². The molecule has 1 aliphatic carbocycles. The second kappa shape index (κ2) is 6.16. The van der Waals surface area contributed by atoms with Crippen LogP contribution in [0.15, 0.2) is 22.6 Å². The van der Waals surface area contributed by atoms with Gasteiger partial charge >= 0.3 is 0 Å². The molecule has 0 spiro atoms. The first kappa shape index (κ1) is 13.9. The molecule has 2 aromatic rings. The maximum Gasteiger partial charge on any atom is 0.272 e. The Morgan fingerprint density at radius 3 is 2.71 bits per heavy atom. The van der Waals surface area contributed by atoms with E-state index in [0.717, 1.165) is 24.3 Å². The van der Waals surface area contributed by atoms with Crippen molar-refractivity contribution in [3.05, 3.63) is 29.7 Å². The van der Waals surface area contributed by atoms with Gasteiger partial charge in [0.1, 0.15) is 11.5 Å². The highest BCUT2D eigenvalue weighted by molar-refractivity contribution is 5.93. The third-order valence-corrected chi connectivity index (χ3v) is 4.01. The standard InChI is InChI=1S/C16H21N3O2/c1-11-8-9-15(21-11)13-10-14(19-18-13)16(20)17-12-6-4-2-3-5-7-12/h8-10,12H,2-7H2,1H3,(H,17,20)(H,18,19). The van der Waals surface area contributed by atoms with Gasteiger partial charge in [-0.2, -0.15) is 5.10 Å². The Morgan fingerprint density at radius 2 is 2.05 bits per heavy atom. The second-order valence-corrected chi connectivity index (χ2v) is 5.74. The predicted molar refractivity (Wildman–Crippen MR) is 80.0 cm³/mol. The molecule has 2 aromatic heterocycles. The van der Waals surface area contributed by atoms with Gasteiger partial charge in [0.15, 0.2) is 11.5 Å². The summed E-state index contributed by atoms with van der Waals surface area (Å²) in [5, 5.41) is 10.0. The van der Waals surface area contributed by atoms with Crippen LogP contribution in [-0.2, 0) is 0 Å². The predicted octanol–water partition coefficient (Wildman–Crippen LogP) is 3.43. The van der Waals surface area contributed by atoms with Crippen LogP contribution in [0.4, 0.5) is 0 Å². The van der Waals surface area contributed by atoms with Crippen molar-refractivity contribution in [3.63, 3.8) is 0 Å². The molecule has 0 aromatic carbocycles. The molecule has 0 atom stereocenters. The fourth-order valence-electron chi connectivity index (χ4n) is 2.83. The van der Waals surface area contributed by atoms with E-state index in [4.69, 9.17) is 4.42 Å². The summed E-state index contributed by atoms with van der Waals surface area (Å²) in [4.78, 5) is 12.3. The number of carbonyl (C=O) groups excluding carboxylic acids is 1. The van der Waals surface area contributed by atoms with E-state index in [1.54, 1.807) is 6.07 Å². The fourth-order valence-corrected chi connectivity index (χ4v) is 2.83. The van der Waals surface area contributed by atoms with Crippen LogP contribution < -0.4 is 5.32 Å². The molecule has 0 aliphatic heterocycles. The molecular formula is C16H21N3O2. The van der Waals surface area contributed by atoms with Crippen molar-refractivity contribution in [2.45, 2.75) is 51.5 Å². The molecule has 2 N–H and O–H groups in total. The number of hydrogen-bond acceptors (Lipinski definition) is 3. The van der Waals surface area contributed by atoms with E-state index in [1.807, 2.05) is 19.1 Å². The fraction of sp³-hybridized carbons (Fsp3) is 0.500. The largest absolute Gasteiger partial charge is 0.460 e. The number of aryl methyl sites for hydroxylation is 1. The third kappa shape index (κ3) is 3.35. The SMILES string of the molecule is Cc1ccc(-c2cc(C(=O)NC3CCCCCC3)n[nH]2)o1. The van der Waals surface area contributed by atoms with E-state index in [1.165, 1.54) is 25.7 Å². The van der Waals surface area contributed by atoms with Gasteiger partial charge in [-0.3, -0.25) is 9.89 Å². The van der Waals surface area contributed by atoms with Crippen LogP contribution in [0, 0.1) is 6.92 Å². The summed E-state index contributed by atoms with van der Waals surface area (Å²) in [6, 6.07) is 5.78. The lowest BCUT2D eigenvalue weighted by Gasteiger charge is -2.14. The second-order valence-electron chi connectivity index (χ2n) is 5.74. The van der Waals surface area contributed by atoms with E-state index in [2.05, 4.69) is 15.5 Å². The molecule has 0 unspecified atom stereocenters. The number of nitrogens with zero attached hydrogens (tertiary/aromatic N) is 1. The van der Waals surface area contributed by atoms with Crippen molar-refractivity contribution in [2.75, 3.05) is 0 Å². The molecule has 0 radical (unpaired) electrons. The van der Waals surface area contributed by atoms with Gasteiger partial charge in [0.05, 0.1) is 0 Å². The maximum absolute atomic E-state index is 12.3. The van der Waals surface area contributed by atoms with Crippen LogP contribution in [0.1, 0.15) is 54.8 Å². The Bertz CT molecular complexity index is 607. The van der Waals surface area contributed by atoms with Crippen LogP contribution in [0.2, 0.25) is 0 Å². The molecule has 0 saturated heterocycles. The smallest absolute Gasteiger partial charge is 0.272 e. The topological polar surface area (TPSA) is 70.9 Å². The molecule has 2 heterocycles. The zero-order valence-electron chi connectivity index (χ0n) is 12.3. The average molecular weight is 287 g/mol. The van der Waals surface area contributed by atoms with Gasteiger partial charge in [-0.05, 0) is 31.9 Å². The van der Waals surface area contributed by atoms with E-state index in [9.17, 15) is 4.79 Å². The zero-order valence-corrected chi connectivity index (χ0v) is 12.3. The van der Waals surface area contributed by atoms with Gasteiger partial charge in [-0.1, -0.05) is 25.7 Å². The van der Waals surface area contributed by atoms with Gasteiger partial charge < -0.3 is 9.73 Å². The van der Waals surface area contributed by atoms with Crippen LogP contribution in [-0.4, -0.2) is 22.1 Å². The molecular weight excluding hydrogens is 266 g/mol. The highest BCUT2D eigenvalue weighted by Gasteiger charge is 2.18. The summed E-state index contributed by atoms with van der Waals surface area (Å²) in [6.45, 7) is 1.89. The Kier molecular flexibility index (Phi) is 4.08. The molecule has 1 amide bonds. The first-order valence-electron chi connectivity index (χ1n) is 7.65. The van der Waals surface area contributed by atoms with Crippen molar-refractivity contribution in [1.29, 1.82) is 0 Å². The van der Waals surface area contributed by atoms with E-state index in [0.29, 0.717) is 11.5 Å². The minimum atomic E-state index is -0.104. The Hall–Kier alpha value is -2.04. The van der Waals surface area contributed by atoms with Gasteiger partial charge in [0.25, 0.3) is 5.91 Å². The summed E-state index contributed by atoms with van der Waals surface area (Å²) in [5.74, 6) is 1.44. The minimum absolute atomic E-state index is 0.104. The molecule has 3 rings (SSSR count). The number of furan rings is 1. The number of H-pyrrole nitrogens is 1. The first-order valence-corrected chi connectivity index (χ1v) is 7.65. The molecule has 5 nitrogen and oxygen atoms in total. The molecule has 1 fully saturated rings. The maximum atomic E-state index is 12.3. The van der Waals surface area contributed by atoms with Gasteiger partial charge in [0, 0.05) is 12.1 Å². The Morgan fingerprint density at radius 1 is 1.29 bits per heavy atom. The normalized spacial score (nSPS) is 16.6.